The highest BCUT2D eigenvalue weighted by molar-refractivity contribution is 7.21. The third-order valence-electron chi connectivity index (χ3n) is 4.27. The third-order valence-corrected chi connectivity index (χ3v) is 5.61. The summed E-state index contributed by atoms with van der Waals surface area (Å²) in [6.45, 7) is 3.96. The van der Waals surface area contributed by atoms with Gasteiger partial charge in [0.15, 0.2) is 5.43 Å². The Morgan fingerprint density at radius 2 is 1.78 bits per heavy atom. The highest BCUT2D eigenvalue weighted by Gasteiger charge is 2.31. The van der Waals surface area contributed by atoms with Crippen molar-refractivity contribution in [2.75, 3.05) is 7.11 Å². The Balaban J connectivity index is 2.14. The molecule has 4 rings (SSSR count). The first-order valence-electron chi connectivity index (χ1n) is 7.32. The highest BCUT2D eigenvalue weighted by atomic mass is 32.1. The lowest BCUT2D eigenvalue weighted by atomic mass is 10.0. The fourth-order valence-corrected chi connectivity index (χ4v) is 4.43. The lowest BCUT2D eigenvalue weighted by Gasteiger charge is -2.06. The van der Waals surface area contributed by atoms with Crippen molar-refractivity contribution in [2.45, 2.75) is 13.8 Å². The Labute approximate surface area is 137 Å². The molecule has 0 bridgehead atoms. The minimum absolute atomic E-state index is 0.0576. The molecule has 1 heterocycles. The van der Waals surface area contributed by atoms with Crippen molar-refractivity contribution in [1.29, 1.82) is 0 Å². The van der Waals surface area contributed by atoms with Gasteiger partial charge in [-0.05, 0) is 49.2 Å². The van der Waals surface area contributed by atoms with Gasteiger partial charge in [-0.3, -0.25) is 9.59 Å². The molecule has 114 valence electrons. The van der Waals surface area contributed by atoms with Crippen molar-refractivity contribution < 1.29 is 9.53 Å². The van der Waals surface area contributed by atoms with Crippen LogP contribution in [0.5, 0.6) is 5.75 Å². The maximum Gasteiger partial charge on any atom is 0.204 e. The number of aryl methyl sites for hydroxylation is 2. The molecule has 3 aromatic rings. The molecule has 0 N–H and O–H groups in total. The number of carbonyl (C=O) groups is 1. The van der Waals surface area contributed by atoms with Crippen molar-refractivity contribution in [3.8, 4) is 16.9 Å². The Morgan fingerprint density at radius 3 is 2.52 bits per heavy atom. The van der Waals surface area contributed by atoms with E-state index in [1.165, 1.54) is 11.3 Å². The quantitative estimate of drug-likeness (QED) is 0.530. The molecule has 0 atom stereocenters. The van der Waals surface area contributed by atoms with E-state index in [1.807, 2.05) is 26.0 Å². The summed E-state index contributed by atoms with van der Waals surface area (Å²) in [5.74, 6) is 0.539. The van der Waals surface area contributed by atoms with Gasteiger partial charge in [-0.15, -0.1) is 11.3 Å². The van der Waals surface area contributed by atoms with Crippen LogP contribution in [0.3, 0.4) is 0 Å². The smallest absolute Gasteiger partial charge is 0.204 e. The summed E-state index contributed by atoms with van der Waals surface area (Å²) in [6.07, 6.45) is 0. The van der Waals surface area contributed by atoms with Gasteiger partial charge in [-0.2, -0.15) is 0 Å². The predicted octanol–water partition coefficient (Wildman–Crippen LogP) is 4.10. The Bertz CT molecular complexity index is 1060. The standard InChI is InChI=1S/C19H14O3S/c1-9-6-10(2)18-14(7-9)16(20)15-12-5-4-11(22-3)8-13(12)17(21)19(15)23-18/h4-8H,1-3H3. The molecule has 0 saturated carbocycles. The van der Waals surface area contributed by atoms with E-state index < -0.39 is 0 Å². The van der Waals surface area contributed by atoms with E-state index in [9.17, 15) is 9.59 Å². The monoisotopic (exact) mass is 322 g/mol. The summed E-state index contributed by atoms with van der Waals surface area (Å²) >= 11 is 1.41. The fraction of sp³-hybridized carbons (Fsp3) is 0.158. The minimum atomic E-state index is -0.0853. The van der Waals surface area contributed by atoms with Crippen LogP contribution in [0, 0.1) is 13.8 Å². The maximum absolute atomic E-state index is 13.0. The topological polar surface area (TPSA) is 43.4 Å². The fourth-order valence-electron chi connectivity index (χ4n) is 3.23. The molecule has 0 spiro atoms. The summed E-state index contributed by atoms with van der Waals surface area (Å²) in [7, 11) is 1.57. The SMILES string of the molecule is COc1ccc2c(c1)C(=O)c1sc3c(C)cc(C)cc3c(=O)c1-2. The molecule has 0 fully saturated rings. The first-order chi connectivity index (χ1) is 11.0. The summed E-state index contributed by atoms with van der Waals surface area (Å²) in [4.78, 5) is 26.3. The van der Waals surface area contributed by atoms with Gasteiger partial charge < -0.3 is 4.74 Å². The third kappa shape index (κ3) is 1.88. The zero-order valence-electron chi connectivity index (χ0n) is 13.0. The zero-order chi connectivity index (χ0) is 16.3. The van der Waals surface area contributed by atoms with Crippen LogP contribution < -0.4 is 10.2 Å². The maximum atomic E-state index is 13.0. The molecular weight excluding hydrogens is 308 g/mol. The van der Waals surface area contributed by atoms with Crippen molar-refractivity contribution in [3.05, 3.63) is 62.1 Å². The first-order valence-corrected chi connectivity index (χ1v) is 8.14. The lowest BCUT2D eigenvalue weighted by Crippen LogP contribution is -2.06. The van der Waals surface area contributed by atoms with Crippen LogP contribution in [0.4, 0.5) is 0 Å². The molecular formula is C19H14O3S. The molecule has 0 saturated heterocycles. The number of hydrogen-bond acceptors (Lipinski definition) is 4. The molecule has 4 heteroatoms. The van der Waals surface area contributed by atoms with Gasteiger partial charge in [-0.25, -0.2) is 0 Å². The first kappa shape index (κ1) is 14.2. The second-order valence-corrected chi connectivity index (χ2v) is 6.86. The predicted molar refractivity (Wildman–Crippen MR) is 93.0 cm³/mol. The number of fused-ring (bicyclic) bond motifs is 4. The summed E-state index contributed by atoms with van der Waals surface area (Å²) in [5, 5.41) is 0.697. The number of ketones is 1. The normalized spacial score (nSPS) is 12.4. The summed E-state index contributed by atoms with van der Waals surface area (Å²) in [6, 6.07) is 9.26. The van der Waals surface area contributed by atoms with Gasteiger partial charge >= 0.3 is 0 Å². The molecule has 0 amide bonds. The van der Waals surface area contributed by atoms with Crippen molar-refractivity contribution in [1.82, 2.24) is 0 Å². The Hall–Kier alpha value is -2.46. The Morgan fingerprint density at radius 1 is 1.00 bits per heavy atom. The molecule has 1 aliphatic rings. The number of ether oxygens (including phenoxy) is 1. The average Bonchev–Trinajstić information content (AvgIpc) is 2.81. The van der Waals surface area contributed by atoms with Gasteiger partial charge in [0.2, 0.25) is 5.78 Å². The largest absolute Gasteiger partial charge is 0.497 e. The number of methoxy groups -OCH3 is 1. The van der Waals surface area contributed by atoms with Crippen LogP contribution in [0.25, 0.3) is 21.2 Å². The highest BCUT2D eigenvalue weighted by Crippen LogP contribution is 2.41. The second-order valence-electron chi connectivity index (χ2n) is 5.83. The number of benzene rings is 2. The summed E-state index contributed by atoms with van der Waals surface area (Å²) < 4.78 is 6.10. The van der Waals surface area contributed by atoms with E-state index in [0.717, 1.165) is 15.8 Å². The van der Waals surface area contributed by atoms with Gasteiger partial charge in [0, 0.05) is 15.6 Å². The zero-order valence-corrected chi connectivity index (χ0v) is 13.8. The van der Waals surface area contributed by atoms with E-state index in [0.29, 0.717) is 32.7 Å². The molecule has 0 aliphatic heterocycles. The molecule has 0 radical (unpaired) electrons. The van der Waals surface area contributed by atoms with Crippen LogP contribution in [0.1, 0.15) is 26.4 Å². The van der Waals surface area contributed by atoms with Crippen LogP contribution in [-0.2, 0) is 0 Å². The number of rotatable bonds is 1. The lowest BCUT2D eigenvalue weighted by molar-refractivity contribution is 0.104. The average molecular weight is 322 g/mol. The van der Waals surface area contributed by atoms with Crippen LogP contribution in [0.15, 0.2) is 35.1 Å². The molecule has 2 aromatic carbocycles. The Kier molecular flexibility index (Phi) is 2.93. The van der Waals surface area contributed by atoms with Gasteiger partial charge in [0.25, 0.3) is 0 Å². The number of carbonyl (C=O) groups excluding carboxylic acids is 1. The number of hydrogen-bond donors (Lipinski definition) is 0. The van der Waals surface area contributed by atoms with E-state index >= 15 is 0 Å². The van der Waals surface area contributed by atoms with Crippen molar-refractivity contribution >= 4 is 27.2 Å². The molecule has 3 nitrogen and oxygen atoms in total. The molecule has 0 unspecified atom stereocenters. The van der Waals surface area contributed by atoms with Gasteiger partial charge in [-0.1, -0.05) is 11.6 Å². The van der Waals surface area contributed by atoms with E-state index in [1.54, 1.807) is 25.3 Å². The minimum Gasteiger partial charge on any atom is -0.497 e. The van der Waals surface area contributed by atoms with E-state index in [-0.39, 0.29) is 11.2 Å². The molecule has 1 aromatic heterocycles. The van der Waals surface area contributed by atoms with Gasteiger partial charge in [0.1, 0.15) is 5.75 Å². The second kappa shape index (κ2) is 4.77. The molecule has 23 heavy (non-hydrogen) atoms. The van der Waals surface area contributed by atoms with Crippen molar-refractivity contribution in [3.63, 3.8) is 0 Å². The van der Waals surface area contributed by atoms with Crippen LogP contribution >= 0.6 is 11.3 Å². The van der Waals surface area contributed by atoms with Gasteiger partial charge in [0.05, 0.1) is 17.6 Å². The molecule has 1 aliphatic carbocycles. The van der Waals surface area contributed by atoms with Crippen LogP contribution in [0.2, 0.25) is 0 Å². The van der Waals surface area contributed by atoms with E-state index in [2.05, 4.69) is 0 Å². The van der Waals surface area contributed by atoms with Crippen LogP contribution in [-0.4, -0.2) is 12.9 Å². The van der Waals surface area contributed by atoms with E-state index in [4.69, 9.17) is 4.74 Å². The van der Waals surface area contributed by atoms with Crippen molar-refractivity contribution in [2.24, 2.45) is 0 Å². The summed E-state index contributed by atoms with van der Waals surface area (Å²) in [5.41, 5.74) is 3.84.